The fourth-order valence-corrected chi connectivity index (χ4v) is 3.48. The SMILES string of the molecule is COc1ccccc1C1=C(COc2ccc(Cl)c(O)c2C=O)CCCC1. The molecule has 3 rings (SSSR count). The van der Waals surface area contributed by atoms with E-state index in [-0.39, 0.29) is 16.3 Å². The largest absolute Gasteiger partial charge is 0.505 e. The average Bonchev–Trinajstić information content (AvgIpc) is 2.69. The number of allylic oxidation sites excluding steroid dienone is 1. The van der Waals surface area contributed by atoms with Crippen molar-refractivity contribution in [3.05, 3.63) is 58.1 Å². The molecule has 136 valence electrons. The summed E-state index contributed by atoms with van der Waals surface area (Å²) in [6.45, 7) is 0.356. The minimum atomic E-state index is -0.248. The summed E-state index contributed by atoms with van der Waals surface area (Å²) < 4.78 is 11.4. The van der Waals surface area contributed by atoms with Crippen molar-refractivity contribution in [1.82, 2.24) is 0 Å². The third kappa shape index (κ3) is 3.70. The lowest BCUT2D eigenvalue weighted by Gasteiger charge is -2.23. The average molecular weight is 373 g/mol. The molecule has 0 aliphatic heterocycles. The summed E-state index contributed by atoms with van der Waals surface area (Å²) in [5.41, 5.74) is 3.59. The molecule has 2 aromatic rings. The summed E-state index contributed by atoms with van der Waals surface area (Å²) in [5, 5.41) is 10.1. The number of hydrogen-bond donors (Lipinski definition) is 1. The Morgan fingerprint density at radius 1 is 1.12 bits per heavy atom. The highest BCUT2D eigenvalue weighted by molar-refractivity contribution is 6.32. The monoisotopic (exact) mass is 372 g/mol. The molecule has 0 unspecified atom stereocenters. The Morgan fingerprint density at radius 3 is 2.65 bits per heavy atom. The lowest BCUT2D eigenvalue weighted by atomic mass is 9.87. The first kappa shape index (κ1) is 18.3. The Hall–Kier alpha value is -2.46. The van der Waals surface area contributed by atoms with Crippen LogP contribution in [-0.4, -0.2) is 25.1 Å². The lowest BCUT2D eigenvalue weighted by Crippen LogP contribution is -2.09. The van der Waals surface area contributed by atoms with Crippen LogP contribution in [0.1, 0.15) is 41.6 Å². The molecular weight excluding hydrogens is 352 g/mol. The zero-order chi connectivity index (χ0) is 18.5. The highest BCUT2D eigenvalue weighted by Crippen LogP contribution is 2.38. The lowest BCUT2D eigenvalue weighted by molar-refractivity contribution is 0.111. The predicted octanol–water partition coefficient (Wildman–Crippen LogP) is 5.27. The minimum absolute atomic E-state index is 0.0766. The molecule has 26 heavy (non-hydrogen) atoms. The molecule has 1 aliphatic rings. The van der Waals surface area contributed by atoms with E-state index in [9.17, 15) is 9.90 Å². The highest BCUT2D eigenvalue weighted by atomic mass is 35.5. The van der Waals surface area contributed by atoms with Gasteiger partial charge in [-0.3, -0.25) is 4.79 Å². The number of ether oxygens (including phenoxy) is 2. The van der Waals surface area contributed by atoms with Gasteiger partial charge in [-0.15, -0.1) is 0 Å². The maximum Gasteiger partial charge on any atom is 0.157 e. The van der Waals surface area contributed by atoms with Gasteiger partial charge in [-0.1, -0.05) is 29.8 Å². The van der Waals surface area contributed by atoms with Gasteiger partial charge in [0.05, 0.1) is 17.7 Å². The second-order valence-electron chi connectivity index (χ2n) is 6.20. The van der Waals surface area contributed by atoms with Crippen LogP contribution in [0.25, 0.3) is 5.57 Å². The quantitative estimate of drug-likeness (QED) is 0.701. The van der Waals surface area contributed by atoms with Crippen LogP contribution in [0.5, 0.6) is 17.2 Å². The van der Waals surface area contributed by atoms with E-state index in [0.29, 0.717) is 18.6 Å². The van der Waals surface area contributed by atoms with Crippen molar-refractivity contribution in [3.63, 3.8) is 0 Å². The van der Waals surface area contributed by atoms with Crippen LogP contribution >= 0.6 is 11.6 Å². The molecule has 0 fully saturated rings. The van der Waals surface area contributed by atoms with Gasteiger partial charge in [0.2, 0.25) is 0 Å². The van der Waals surface area contributed by atoms with Crippen molar-refractivity contribution in [2.24, 2.45) is 0 Å². The maximum atomic E-state index is 11.3. The summed E-state index contributed by atoms with van der Waals surface area (Å²) in [4.78, 5) is 11.3. The first-order valence-corrected chi connectivity index (χ1v) is 8.97. The van der Waals surface area contributed by atoms with E-state index >= 15 is 0 Å². The van der Waals surface area contributed by atoms with Gasteiger partial charge in [0, 0.05) is 5.56 Å². The van der Waals surface area contributed by atoms with Gasteiger partial charge in [0.15, 0.2) is 6.29 Å². The summed E-state index contributed by atoms with van der Waals surface area (Å²) in [5.74, 6) is 0.931. The van der Waals surface area contributed by atoms with Crippen molar-refractivity contribution in [1.29, 1.82) is 0 Å². The molecule has 0 amide bonds. The molecule has 0 aromatic heterocycles. The number of benzene rings is 2. The van der Waals surface area contributed by atoms with Crippen LogP contribution in [0, 0.1) is 0 Å². The number of hydrogen-bond acceptors (Lipinski definition) is 4. The highest BCUT2D eigenvalue weighted by Gasteiger charge is 2.19. The van der Waals surface area contributed by atoms with Crippen LogP contribution in [0.15, 0.2) is 42.0 Å². The number of phenolic OH excluding ortho intramolecular Hbond substituents is 1. The van der Waals surface area contributed by atoms with Crippen LogP contribution in [0.4, 0.5) is 0 Å². The van der Waals surface area contributed by atoms with Crippen LogP contribution in [-0.2, 0) is 0 Å². The van der Waals surface area contributed by atoms with E-state index in [0.717, 1.165) is 37.0 Å². The summed E-state index contributed by atoms with van der Waals surface area (Å²) in [7, 11) is 1.67. The van der Waals surface area contributed by atoms with Crippen LogP contribution in [0.2, 0.25) is 5.02 Å². The van der Waals surface area contributed by atoms with Crippen LogP contribution < -0.4 is 9.47 Å². The molecule has 1 aliphatic carbocycles. The standard InChI is InChI=1S/C21H21ClO4/c1-25-19-9-5-4-8-16(19)15-7-3-2-6-14(15)13-26-20-11-10-18(22)21(24)17(20)12-23/h4-5,8-12,24H,2-3,6-7,13H2,1H3. The minimum Gasteiger partial charge on any atom is -0.505 e. The number of carbonyl (C=O) groups is 1. The van der Waals surface area contributed by atoms with Crippen molar-refractivity contribution in [2.45, 2.75) is 25.7 Å². The third-order valence-corrected chi connectivity index (χ3v) is 4.97. The number of para-hydroxylation sites is 1. The number of rotatable bonds is 6. The van der Waals surface area contributed by atoms with Gasteiger partial charge < -0.3 is 14.6 Å². The van der Waals surface area contributed by atoms with Gasteiger partial charge in [0.25, 0.3) is 0 Å². The van der Waals surface area contributed by atoms with E-state index in [2.05, 4.69) is 6.07 Å². The Balaban J connectivity index is 1.91. The molecule has 0 radical (unpaired) electrons. The molecule has 0 saturated heterocycles. The third-order valence-electron chi connectivity index (χ3n) is 4.66. The topological polar surface area (TPSA) is 55.8 Å². The van der Waals surface area contributed by atoms with Crippen molar-refractivity contribution < 1.29 is 19.4 Å². The molecule has 0 bridgehead atoms. The Kier molecular flexibility index (Phi) is 5.84. The zero-order valence-corrected chi connectivity index (χ0v) is 15.4. The zero-order valence-electron chi connectivity index (χ0n) is 14.6. The van der Waals surface area contributed by atoms with Gasteiger partial charge in [0.1, 0.15) is 23.9 Å². The number of methoxy groups -OCH3 is 1. The van der Waals surface area contributed by atoms with E-state index in [4.69, 9.17) is 21.1 Å². The van der Waals surface area contributed by atoms with Gasteiger partial charge in [-0.2, -0.15) is 0 Å². The maximum absolute atomic E-state index is 11.3. The van der Waals surface area contributed by atoms with Crippen LogP contribution in [0.3, 0.4) is 0 Å². The number of halogens is 1. The van der Waals surface area contributed by atoms with Gasteiger partial charge in [-0.25, -0.2) is 0 Å². The summed E-state index contributed by atoms with van der Waals surface area (Å²) in [6.07, 6.45) is 4.68. The number of aldehydes is 1. The fourth-order valence-electron chi connectivity index (χ4n) is 3.31. The van der Waals surface area contributed by atoms with E-state index in [1.54, 1.807) is 13.2 Å². The first-order valence-electron chi connectivity index (χ1n) is 8.59. The molecule has 0 spiro atoms. The molecule has 0 saturated carbocycles. The Labute approximate surface area is 158 Å². The second-order valence-corrected chi connectivity index (χ2v) is 6.61. The molecule has 1 N–H and O–H groups in total. The van der Waals surface area contributed by atoms with Gasteiger partial charge in [-0.05, 0) is 55.0 Å². The number of carbonyl (C=O) groups excluding carboxylic acids is 1. The van der Waals surface area contributed by atoms with Crippen molar-refractivity contribution in [2.75, 3.05) is 13.7 Å². The molecule has 0 heterocycles. The number of phenols is 1. The first-order chi connectivity index (χ1) is 12.7. The molecule has 0 atom stereocenters. The van der Waals surface area contributed by atoms with E-state index in [1.807, 2.05) is 18.2 Å². The van der Waals surface area contributed by atoms with E-state index < -0.39 is 0 Å². The van der Waals surface area contributed by atoms with Gasteiger partial charge >= 0.3 is 0 Å². The van der Waals surface area contributed by atoms with Crippen molar-refractivity contribution >= 4 is 23.5 Å². The second kappa shape index (κ2) is 8.28. The molecule has 4 nitrogen and oxygen atoms in total. The predicted molar refractivity (Wildman–Crippen MR) is 102 cm³/mol. The smallest absolute Gasteiger partial charge is 0.157 e. The molecular formula is C21H21ClO4. The molecule has 5 heteroatoms. The summed E-state index contributed by atoms with van der Waals surface area (Å²) >= 11 is 5.86. The van der Waals surface area contributed by atoms with E-state index in [1.165, 1.54) is 17.2 Å². The fraction of sp³-hybridized carbons (Fsp3) is 0.286. The van der Waals surface area contributed by atoms with Crippen molar-refractivity contribution in [3.8, 4) is 17.2 Å². The summed E-state index contributed by atoms with van der Waals surface area (Å²) in [6, 6.07) is 11.1. The molecule has 2 aromatic carbocycles. The number of aromatic hydroxyl groups is 1. The Bertz CT molecular complexity index is 842. The normalized spacial score (nSPS) is 14.2. The Morgan fingerprint density at radius 2 is 1.88 bits per heavy atom.